The third kappa shape index (κ3) is 4.59. The van der Waals surface area contributed by atoms with Crippen LogP contribution in [-0.2, 0) is 17.7 Å². The van der Waals surface area contributed by atoms with Gasteiger partial charge in [-0.2, -0.15) is 5.10 Å². The van der Waals surface area contributed by atoms with Crippen LogP contribution in [0.5, 0.6) is 0 Å². The second kappa shape index (κ2) is 9.77. The molecule has 0 radical (unpaired) electrons. The molecule has 0 spiro atoms. The number of ketones is 1. The predicted molar refractivity (Wildman–Crippen MR) is 133 cm³/mol. The Bertz CT molecular complexity index is 1410. The van der Waals surface area contributed by atoms with E-state index in [1.807, 2.05) is 39.8 Å². The maximum absolute atomic E-state index is 12.9. The first-order chi connectivity index (χ1) is 16.3. The fourth-order valence-corrected chi connectivity index (χ4v) is 4.79. The molecule has 0 saturated heterocycles. The van der Waals surface area contributed by atoms with Gasteiger partial charge in [0.05, 0.1) is 11.4 Å². The molecule has 4 rings (SSSR count). The number of Topliss-reactive ketones (excluding diaryl/α,β-unsaturated/α-hetero) is 1. The maximum atomic E-state index is 12.9. The van der Waals surface area contributed by atoms with E-state index >= 15 is 0 Å². The van der Waals surface area contributed by atoms with E-state index < -0.39 is 12.6 Å². The fraction of sp³-hybridized carbons (Fsp3) is 0.308. The van der Waals surface area contributed by atoms with Crippen LogP contribution in [0.4, 0.5) is 0 Å². The highest BCUT2D eigenvalue weighted by Crippen LogP contribution is 2.19. The van der Waals surface area contributed by atoms with E-state index in [-0.39, 0.29) is 23.1 Å². The van der Waals surface area contributed by atoms with Crippen molar-refractivity contribution in [3.05, 3.63) is 85.7 Å². The van der Waals surface area contributed by atoms with Crippen LogP contribution < -0.4 is 5.56 Å². The minimum atomic E-state index is -0.731. The highest BCUT2D eigenvalue weighted by Gasteiger charge is 2.22. The van der Waals surface area contributed by atoms with Gasteiger partial charge in [0.15, 0.2) is 12.3 Å². The number of hydrogen-bond acceptors (Lipinski definition) is 6. The van der Waals surface area contributed by atoms with Gasteiger partial charge in [-0.3, -0.25) is 9.59 Å². The van der Waals surface area contributed by atoms with Gasteiger partial charge >= 0.3 is 5.97 Å². The van der Waals surface area contributed by atoms with Crippen molar-refractivity contribution in [3.8, 4) is 0 Å². The first-order valence-electron chi connectivity index (χ1n) is 11.2. The molecule has 176 valence electrons. The van der Waals surface area contributed by atoms with Crippen LogP contribution in [0.25, 0.3) is 10.8 Å². The van der Waals surface area contributed by atoms with Crippen LogP contribution in [0.2, 0.25) is 0 Å². The normalized spacial score (nSPS) is 11.3. The molecule has 4 aromatic rings. The van der Waals surface area contributed by atoms with Gasteiger partial charge in [-0.15, -0.1) is 11.3 Å². The molecule has 8 heteroatoms. The summed E-state index contributed by atoms with van der Waals surface area (Å²) in [5.41, 5.74) is 2.14. The second-order valence-electron chi connectivity index (χ2n) is 8.50. The molecule has 3 aromatic heterocycles. The van der Waals surface area contributed by atoms with Gasteiger partial charge in [-0.05, 0) is 57.7 Å². The molecule has 0 N–H and O–H groups in total. The number of aryl methyl sites for hydroxylation is 2. The molecule has 3 heterocycles. The lowest BCUT2D eigenvalue weighted by molar-refractivity contribution is 0.0468. The number of thiophene rings is 1. The van der Waals surface area contributed by atoms with Crippen LogP contribution in [-0.4, -0.2) is 32.7 Å². The minimum absolute atomic E-state index is 0.0260. The van der Waals surface area contributed by atoms with Crippen molar-refractivity contribution in [2.75, 3.05) is 6.61 Å². The molecular weight excluding hydrogens is 450 g/mol. The van der Waals surface area contributed by atoms with E-state index in [4.69, 9.17) is 4.74 Å². The number of hydrogen-bond donors (Lipinski definition) is 0. The number of carbonyl (C=O) groups is 2. The maximum Gasteiger partial charge on any atom is 0.359 e. The average Bonchev–Trinajstić information content (AvgIpc) is 3.44. The van der Waals surface area contributed by atoms with Crippen molar-refractivity contribution in [2.24, 2.45) is 0 Å². The summed E-state index contributed by atoms with van der Waals surface area (Å²) in [5.74, 6) is -1.00. The van der Waals surface area contributed by atoms with E-state index in [2.05, 4.69) is 21.1 Å². The number of aromatic nitrogens is 3. The SMILES string of the molecule is Cc1cc(C(=O)COC(=O)c2nn(C(C)C)c(=O)c3ccccc23)c(C)n1CCc1cccs1. The molecule has 0 saturated carbocycles. The fourth-order valence-electron chi connectivity index (χ4n) is 4.09. The first-order valence-corrected chi connectivity index (χ1v) is 12.1. The van der Waals surface area contributed by atoms with Crippen LogP contribution in [0.15, 0.2) is 52.6 Å². The number of esters is 1. The van der Waals surface area contributed by atoms with Gasteiger partial charge < -0.3 is 9.30 Å². The summed E-state index contributed by atoms with van der Waals surface area (Å²) in [7, 11) is 0. The van der Waals surface area contributed by atoms with E-state index in [9.17, 15) is 14.4 Å². The second-order valence-corrected chi connectivity index (χ2v) is 9.54. The summed E-state index contributed by atoms with van der Waals surface area (Å²) >= 11 is 1.72. The number of nitrogens with zero attached hydrogens (tertiary/aromatic N) is 3. The summed E-state index contributed by atoms with van der Waals surface area (Å²) < 4.78 is 8.76. The molecule has 0 aliphatic carbocycles. The Morgan fingerprint density at radius 1 is 1.09 bits per heavy atom. The standard InChI is InChI=1S/C26H27N3O4S/c1-16(2)29-25(31)21-10-6-5-9-20(21)24(27-29)26(32)33-15-23(30)22-14-17(3)28(18(22)4)12-11-19-8-7-13-34-19/h5-10,13-14,16H,11-12,15H2,1-4H3. The highest BCUT2D eigenvalue weighted by molar-refractivity contribution is 7.09. The Hall–Kier alpha value is -3.52. The number of fused-ring (bicyclic) bond motifs is 1. The molecule has 1 aromatic carbocycles. The first kappa shape index (κ1) is 23.6. The van der Waals surface area contributed by atoms with Crippen molar-refractivity contribution in [1.29, 1.82) is 0 Å². The number of carbonyl (C=O) groups excluding carboxylic acids is 2. The Balaban J connectivity index is 1.52. The zero-order chi connectivity index (χ0) is 24.4. The van der Waals surface area contributed by atoms with Crippen molar-refractivity contribution < 1.29 is 14.3 Å². The summed E-state index contributed by atoms with van der Waals surface area (Å²) in [6, 6.07) is 12.5. The van der Waals surface area contributed by atoms with Gasteiger partial charge in [0.1, 0.15) is 0 Å². The summed E-state index contributed by atoms with van der Waals surface area (Å²) in [4.78, 5) is 39.8. The van der Waals surface area contributed by atoms with Gasteiger partial charge in [0.2, 0.25) is 5.78 Å². The van der Waals surface area contributed by atoms with E-state index in [0.29, 0.717) is 16.3 Å². The Kier molecular flexibility index (Phi) is 6.79. The van der Waals surface area contributed by atoms with E-state index in [1.165, 1.54) is 9.56 Å². The van der Waals surface area contributed by atoms with Crippen molar-refractivity contribution >= 4 is 33.9 Å². The highest BCUT2D eigenvalue weighted by atomic mass is 32.1. The third-order valence-corrected chi connectivity index (χ3v) is 6.82. The van der Waals surface area contributed by atoms with Crippen molar-refractivity contribution in [1.82, 2.24) is 14.3 Å². The molecule has 0 bridgehead atoms. The molecule has 0 fully saturated rings. The predicted octanol–water partition coefficient (Wildman–Crippen LogP) is 4.74. The summed E-state index contributed by atoms with van der Waals surface area (Å²) in [5, 5.41) is 7.10. The van der Waals surface area contributed by atoms with Gasteiger partial charge in [-0.25, -0.2) is 9.48 Å². The largest absolute Gasteiger partial charge is 0.452 e. The van der Waals surface area contributed by atoms with Crippen molar-refractivity contribution in [2.45, 2.75) is 46.7 Å². The molecule has 0 aliphatic heterocycles. The quantitative estimate of drug-likeness (QED) is 0.270. The van der Waals surface area contributed by atoms with Crippen LogP contribution >= 0.6 is 11.3 Å². The lowest BCUT2D eigenvalue weighted by atomic mass is 10.1. The molecule has 0 aliphatic rings. The molecule has 0 amide bonds. The Morgan fingerprint density at radius 2 is 1.82 bits per heavy atom. The van der Waals surface area contributed by atoms with E-state index in [0.717, 1.165) is 24.4 Å². The van der Waals surface area contributed by atoms with Crippen LogP contribution in [0.3, 0.4) is 0 Å². The van der Waals surface area contributed by atoms with E-state index in [1.54, 1.807) is 35.6 Å². The number of ether oxygens (including phenoxy) is 1. The number of rotatable bonds is 8. The van der Waals surface area contributed by atoms with Gasteiger partial charge in [0.25, 0.3) is 5.56 Å². The third-order valence-electron chi connectivity index (χ3n) is 5.88. The lowest BCUT2D eigenvalue weighted by Crippen LogP contribution is -2.28. The Labute approximate surface area is 201 Å². The smallest absolute Gasteiger partial charge is 0.359 e. The zero-order valence-corrected chi connectivity index (χ0v) is 20.5. The zero-order valence-electron chi connectivity index (χ0n) is 19.7. The minimum Gasteiger partial charge on any atom is -0.452 e. The molecular formula is C26H27N3O4S. The number of benzene rings is 1. The Morgan fingerprint density at radius 3 is 2.50 bits per heavy atom. The summed E-state index contributed by atoms with van der Waals surface area (Å²) in [6.45, 7) is 7.88. The monoisotopic (exact) mass is 477 g/mol. The topological polar surface area (TPSA) is 83.2 Å². The molecule has 0 unspecified atom stereocenters. The van der Waals surface area contributed by atoms with Gasteiger partial charge in [-0.1, -0.05) is 24.3 Å². The average molecular weight is 478 g/mol. The van der Waals surface area contributed by atoms with Crippen LogP contribution in [0.1, 0.15) is 57.0 Å². The lowest BCUT2D eigenvalue weighted by Gasteiger charge is -2.13. The summed E-state index contributed by atoms with van der Waals surface area (Å²) in [6.07, 6.45) is 0.890. The van der Waals surface area contributed by atoms with Gasteiger partial charge in [0, 0.05) is 33.8 Å². The van der Waals surface area contributed by atoms with Crippen molar-refractivity contribution in [3.63, 3.8) is 0 Å². The molecule has 34 heavy (non-hydrogen) atoms. The molecule has 7 nitrogen and oxygen atoms in total. The van der Waals surface area contributed by atoms with Crippen LogP contribution in [0, 0.1) is 13.8 Å². The molecule has 0 atom stereocenters.